The molecule has 6 nitrogen and oxygen atoms in total. The molecule has 2 fully saturated rings. The molecule has 2 aliphatic heterocycles. The Morgan fingerprint density at radius 3 is 2.95 bits per heavy atom. The molecule has 0 bridgehead atoms. The fourth-order valence-electron chi connectivity index (χ4n) is 2.47. The molecule has 19 heavy (non-hydrogen) atoms. The van der Waals surface area contributed by atoms with Crippen molar-refractivity contribution in [1.29, 1.82) is 0 Å². The maximum atomic E-state index is 12.3. The van der Waals surface area contributed by atoms with E-state index in [1.165, 1.54) is 16.7 Å². The molecule has 0 spiro atoms. The Morgan fingerprint density at radius 2 is 2.32 bits per heavy atom. The van der Waals surface area contributed by atoms with Gasteiger partial charge >= 0.3 is 12.0 Å². The van der Waals surface area contributed by atoms with E-state index in [1.807, 2.05) is 0 Å². The Labute approximate surface area is 117 Å². The van der Waals surface area contributed by atoms with E-state index in [0.29, 0.717) is 30.7 Å². The second kappa shape index (κ2) is 6.47. The van der Waals surface area contributed by atoms with Crippen LogP contribution in [0.5, 0.6) is 0 Å². The lowest BCUT2D eigenvalue weighted by atomic mass is 10.0. The number of carbonyl (C=O) groups excluding carboxylic acids is 1. The van der Waals surface area contributed by atoms with Crippen LogP contribution in [0.2, 0.25) is 0 Å². The summed E-state index contributed by atoms with van der Waals surface area (Å²) in [5.74, 6) is 0.372. The molecule has 2 rings (SSSR count). The molecule has 2 amide bonds. The van der Waals surface area contributed by atoms with Gasteiger partial charge in [0.05, 0.1) is 12.5 Å². The molecule has 2 unspecified atom stereocenters. The Bertz CT molecular complexity index is 347. The van der Waals surface area contributed by atoms with Crippen LogP contribution in [0.3, 0.4) is 0 Å². The molecular weight excluding hydrogens is 268 g/mol. The summed E-state index contributed by atoms with van der Waals surface area (Å²) in [4.78, 5) is 26.4. The van der Waals surface area contributed by atoms with Gasteiger partial charge in [0.25, 0.3) is 0 Å². The molecule has 7 heteroatoms. The quantitative estimate of drug-likeness (QED) is 0.836. The van der Waals surface area contributed by atoms with Gasteiger partial charge in [0.2, 0.25) is 0 Å². The van der Waals surface area contributed by atoms with Crippen LogP contribution in [0.1, 0.15) is 12.8 Å². The molecule has 0 aliphatic carbocycles. The average Bonchev–Trinajstić information content (AvgIpc) is 2.88. The van der Waals surface area contributed by atoms with E-state index in [0.717, 1.165) is 19.4 Å². The maximum Gasteiger partial charge on any atom is 0.327 e. The van der Waals surface area contributed by atoms with Crippen molar-refractivity contribution in [1.82, 2.24) is 9.80 Å². The first-order chi connectivity index (χ1) is 9.09. The Hall–Kier alpha value is -0.950. The lowest BCUT2D eigenvalue weighted by Gasteiger charge is -2.31. The van der Waals surface area contributed by atoms with E-state index in [1.54, 1.807) is 11.9 Å². The standard InChI is InChI=1S/C12H20N2O4S/c1-13(5-9-3-2-4-18-6-9)12(17)14-8-19-7-10(14)11(15)16/h9-10H,2-8H2,1H3,(H,15,16). The highest BCUT2D eigenvalue weighted by Crippen LogP contribution is 2.23. The number of rotatable bonds is 3. The zero-order valence-corrected chi connectivity index (χ0v) is 11.9. The number of nitrogens with zero attached hydrogens (tertiary/aromatic N) is 2. The molecule has 0 aromatic carbocycles. The van der Waals surface area contributed by atoms with Gasteiger partial charge in [-0.3, -0.25) is 0 Å². The van der Waals surface area contributed by atoms with Gasteiger partial charge in [0.1, 0.15) is 6.04 Å². The van der Waals surface area contributed by atoms with Crippen molar-refractivity contribution < 1.29 is 19.4 Å². The van der Waals surface area contributed by atoms with E-state index in [-0.39, 0.29) is 6.03 Å². The number of carbonyl (C=O) groups is 2. The molecule has 2 heterocycles. The predicted octanol–water partition coefficient (Wildman–Crippen LogP) is 0.924. The second-order valence-electron chi connectivity index (χ2n) is 5.07. The number of amides is 2. The molecular formula is C12H20N2O4S. The van der Waals surface area contributed by atoms with Crippen LogP contribution in [-0.2, 0) is 9.53 Å². The summed E-state index contributed by atoms with van der Waals surface area (Å²) in [7, 11) is 1.73. The van der Waals surface area contributed by atoms with Crippen molar-refractivity contribution >= 4 is 23.8 Å². The van der Waals surface area contributed by atoms with Gasteiger partial charge in [-0.05, 0) is 12.8 Å². The molecule has 0 aromatic rings. The van der Waals surface area contributed by atoms with Crippen molar-refractivity contribution in [3.63, 3.8) is 0 Å². The summed E-state index contributed by atoms with van der Waals surface area (Å²) in [6.07, 6.45) is 2.10. The topological polar surface area (TPSA) is 70.1 Å². The number of hydrogen-bond donors (Lipinski definition) is 1. The smallest absolute Gasteiger partial charge is 0.327 e. The largest absolute Gasteiger partial charge is 0.480 e. The first-order valence-corrected chi connectivity index (χ1v) is 7.65. The molecule has 0 aromatic heterocycles. The fourth-order valence-corrected chi connectivity index (χ4v) is 3.61. The summed E-state index contributed by atoms with van der Waals surface area (Å²) >= 11 is 1.48. The van der Waals surface area contributed by atoms with E-state index in [9.17, 15) is 9.59 Å². The number of thioether (sulfide) groups is 1. The molecule has 2 atom stereocenters. The fraction of sp³-hybridized carbons (Fsp3) is 0.833. The summed E-state index contributed by atoms with van der Waals surface area (Å²) in [5, 5.41) is 9.09. The number of ether oxygens (including phenoxy) is 1. The van der Waals surface area contributed by atoms with E-state index in [2.05, 4.69) is 0 Å². The van der Waals surface area contributed by atoms with E-state index >= 15 is 0 Å². The second-order valence-corrected chi connectivity index (χ2v) is 6.07. The number of aliphatic carboxylic acids is 1. The van der Waals surface area contributed by atoms with E-state index in [4.69, 9.17) is 9.84 Å². The highest BCUT2D eigenvalue weighted by atomic mass is 32.2. The third kappa shape index (κ3) is 3.54. The Morgan fingerprint density at radius 1 is 1.53 bits per heavy atom. The lowest BCUT2D eigenvalue weighted by Crippen LogP contribution is -2.49. The lowest BCUT2D eigenvalue weighted by molar-refractivity contribution is -0.140. The van der Waals surface area contributed by atoms with E-state index < -0.39 is 12.0 Å². The first-order valence-electron chi connectivity index (χ1n) is 6.49. The molecule has 0 saturated carbocycles. The maximum absolute atomic E-state index is 12.3. The van der Waals surface area contributed by atoms with Crippen LogP contribution >= 0.6 is 11.8 Å². The molecule has 0 radical (unpaired) electrons. The predicted molar refractivity (Wildman–Crippen MR) is 72.2 cm³/mol. The van der Waals surface area contributed by atoms with Crippen LogP contribution in [0.25, 0.3) is 0 Å². The van der Waals surface area contributed by atoms with Crippen LogP contribution in [-0.4, -0.2) is 71.4 Å². The van der Waals surface area contributed by atoms with Gasteiger partial charge in [-0.15, -0.1) is 11.8 Å². The zero-order chi connectivity index (χ0) is 13.8. The van der Waals surface area contributed by atoms with Gasteiger partial charge in [-0.1, -0.05) is 0 Å². The van der Waals surface area contributed by atoms with Gasteiger partial charge in [-0.2, -0.15) is 0 Å². The Kier molecular flexibility index (Phi) is 4.93. The monoisotopic (exact) mass is 288 g/mol. The molecule has 108 valence electrons. The minimum atomic E-state index is -0.923. The average molecular weight is 288 g/mol. The summed E-state index contributed by atoms with van der Waals surface area (Å²) in [5.41, 5.74) is 0. The summed E-state index contributed by atoms with van der Waals surface area (Å²) < 4.78 is 5.40. The van der Waals surface area contributed by atoms with Gasteiger partial charge in [-0.25, -0.2) is 9.59 Å². The minimum absolute atomic E-state index is 0.192. The van der Waals surface area contributed by atoms with Crippen LogP contribution in [0.4, 0.5) is 4.79 Å². The third-order valence-electron chi connectivity index (χ3n) is 3.53. The molecule has 1 N–H and O–H groups in total. The van der Waals surface area contributed by atoms with Gasteiger partial charge in [0.15, 0.2) is 0 Å². The minimum Gasteiger partial charge on any atom is -0.480 e. The molecule has 2 saturated heterocycles. The summed E-state index contributed by atoms with van der Waals surface area (Å²) in [6.45, 7) is 2.12. The number of carboxylic acids is 1. The zero-order valence-electron chi connectivity index (χ0n) is 11.1. The van der Waals surface area contributed by atoms with Gasteiger partial charge < -0.3 is 19.6 Å². The van der Waals surface area contributed by atoms with Crippen LogP contribution in [0.15, 0.2) is 0 Å². The highest BCUT2D eigenvalue weighted by Gasteiger charge is 2.36. The number of hydrogen-bond acceptors (Lipinski definition) is 4. The first kappa shape index (κ1) is 14.5. The van der Waals surface area contributed by atoms with Crippen LogP contribution < -0.4 is 0 Å². The highest BCUT2D eigenvalue weighted by molar-refractivity contribution is 7.99. The normalized spacial score (nSPS) is 27.3. The number of urea groups is 1. The molecule has 2 aliphatic rings. The number of carboxylic acid groups (broad SMARTS) is 1. The van der Waals surface area contributed by atoms with Crippen molar-refractivity contribution in [3.05, 3.63) is 0 Å². The van der Waals surface area contributed by atoms with Crippen molar-refractivity contribution in [2.45, 2.75) is 18.9 Å². The Balaban J connectivity index is 1.89. The van der Waals surface area contributed by atoms with Gasteiger partial charge in [0, 0.05) is 31.9 Å². The summed E-state index contributed by atoms with van der Waals surface area (Å²) in [6, 6.07) is -0.884. The van der Waals surface area contributed by atoms with Crippen molar-refractivity contribution in [3.8, 4) is 0 Å². The SMILES string of the molecule is CN(CC1CCCOC1)C(=O)N1CSCC1C(=O)O. The third-order valence-corrected chi connectivity index (χ3v) is 4.54. The van der Waals surface area contributed by atoms with Crippen LogP contribution in [0, 0.1) is 5.92 Å². The van der Waals surface area contributed by atoms with Crippen molar-refractivity contribution in [2.75, 3.05) is 38.4 Å². The van der Waals surface area contributed by atoms with Crippen molar-refractivity contribution in [2.24, 2.45) is 5.92 Å².